The van der Waals surface area contributed by atoms with Crippen LogP contribution in [0.3, 0.4) is 0 Å². The van der Waals surface area contributed by atoms with Crippen molar-refractivity contribution < 1.29 is 14.3 Å². The number of benzene rings is 1. The van der Waals surface area contributed by atoms with Crippen LogP contribution in [0.4, 0.5) is 10.1 Å². The van der Waals surface area contributed by atoms with Crippen molar-refractivity contribution in [1.29, 1.82) is 0 Å². The van der Waals surface area contributed by atoms with Gasteiger partial charge in [-0.3, -0.25) is 4.79 Å². The van der Waals surface area contributed by atoms with Crippen molar-refractivity contribution in [2.75, 3.05) is 5.73 Å². The number of nitrogens with two attached hydrogens (primary N) is 1. The molecule has 0 amide bonds. The van der Waals surface area contributed by atoms with E-state index in [0.29, 0.717) is 22.1 Å². The fraction of sp³-hybridized carbons (Fsp3) is 0.364. The van der Waals surface area contributed by atoms with Crippen LogP contribution in [0.2, 0.25) is 0 Å². The van der Waals surface area contributed by atoms with E-state index in [1.807, 2.05) is 6.92 Å². The predicted molar refractivity (Wildman–Crippen MR) is 61.6 cm³/mol. The first kappa shape index (κ1) is 11.4. The summed E-state index contributed by atoms with van der Waals surface area (Å²) in [4.78, 5) is 11.3. The summed E-state index contributed by atoms with van der Waals surface area (Å²) in [5.41, 5.74) is 5.48. The molecule has 0 bridgehead atoms. The molecule has 0 heterocycles. The van der Waals surface area contributed by atoms with Crippen molar-refractivity contribution >= 4 is 27.6 Å². The Labute approximate surface area is 101 Å². The highest BCUT2D eigenvalue weighted by Gasteiger charge is 2.60. The maximum Gasteiger partial charge on any atom is 0.314 e. The summed E-state index contributed by atoms with van der Waals surface area (Å²) in [6.07, 6.45) is 0.502. The minimum atomic E-state index is -1.01. The van der Waals surface area contributed by atoms with Crippen molar-refractivity contribution in [3.8, 4) is 0 Å². The largest absolute Gasteiger partial charge is 0.481 e. The Hall–Kier alpha value is -1.10. The number of hydrogen-bond donors (Lipinski definition) is 2. The lowest BCUT2D eigenvalue weighted by Gasteiger charge is -2.15. The molecule has 2 unspecified atom stereocenters. The summed E-state index contributed by atoms with van der Waals surface area (Å²) < 4.78 is 13.7. The average molecular weight is 288 g/mol. The van der Waals surface area contributed by atoms with Crippen LogP contribution >= 0.6 is 15.9 Å². The molecular weight excluding hydrogens is 277 g/mol. The lowest BCUT2D eigenvalue weighted by Crippen LogP contribution is -2.23. The minimum Gasteiger partial charge on any atom is -0.481 e. The molecule has 86 valence electrons. The van der Waals surface area contributed by atoms with Gasteiger partial charge in [-0.2, -0.15) is 0 Å². The van der Waals surface area contributed by atoms with E-state index in [9.17, 15) is 14.3 Å². The quantitative estimate of drug-likeness (QED) is 0.822. The molecule has 5 heteroatoms. The zero-order chi connectivity index (χ0) is 12.1. The number of carboxylic acids is 1. The Kier molecular flexibility index (Phi) is 2.45. The van der Waals surface area contributed by atoms with Gasteiger partial charge in [0.1, 0.15) is 5.82 Å². The van der Waals surface area contributed by atoms with Gasteiger partial charge in [-0.15, -0.1) is 0 Å². The SMILES string of the molecule is CC1CC1(C(=O)O)c1cc(F)cc(Br)c1N. The van der Waals surface area contributed by atoms with Gasteiger partial charge in [-0.05, 0) is 46.0 Å². The molecular formula is C11H11BrFNO2. The number of anilines is 1. The lowest BCUT2D eigenvalue weighted by molar-refractivity contribution is -0.140. The molecule has 3 nitrogen and oxygen atoms in total. The fourth-order valence-corrected chi connectivity index (χ4v) is 2.60. The Morgan fingerprint density at radius 1 is 1.69 bits per heavy atom. The van der Waals surface area contributed by atoms with Crippen LogP contribution in [0.25, 0.3) is 0 Å². The number of carbonyl (C=O) groups is 1. The molecule has 16 heavy (non-hydrogen) atoms. The number of hydrogen-bond acceptors (Lipinski definition) is 2. The van der Waals surface area contributed by atoms with Crippen LogP contribution in [0.1, 0.15) is 18.9 Å². The van der Waals surface area contributed by atoms with Gasteiger partial charge in [-0.25, -0.2) is 4.39 Å². The summed E-state index contributed by atoms with van der Waals surface area (Å²) in [6.45, 7) is 1.83. The van der Waals surface area contributed by atoms with Crippen LogP contribution in [0.15, 0.2) is 16.6 Å². The van der Waals surface area contributed by atoms with Crippen LogP contribution < -0.4 is 5.73 Å². The zero-order valence-corrected chi connectivity index (χ0v) is 10.2. The zero-order valence-electron chi connectivity index (χ0n) is 8.63. The Morgan fingerprint density at radius 2 is 2.25 bits per heavy atom. The molecule has 0 aromatic heterocycles. The molecule has 0 aliphatic heterocycles. The van der Waals surface area contributed by atoms with E-state index in [4.69, 9.17) is 5.73 Å². The first-order chi connectivity index (χ1) is 7.39. The molecule has 2 atom stereocenters. The van der Waals surface area contributed by atoms with Gasteiger partial charge in [0.15, 0.2) is 0 Å². The van der Waals surface area contributed by atoms with E-state index in [1.165, 1.54) is 12.1 Å². The van der Waals surface area contributed by atoms with E-state index in [-0.39, 0.29) is 5.92 Å². The third-order valence-corrected chi connectivity index (χ3v) is 3.92. The standard InChI is InChI=1S/C11H11BrFNO2/c1-5-4-11(5,10(15)16)7-2-6(13)3-8(12)9(7)14/h2-3,5H,4,14H2,1H3,(H,15,16). The van der Waals surface area contributed by atoms with Gasteiger partial charge in [0.2, 0.25) is 0 Å². The first-order valence-corrected chi connectivity index (χ1v) is 5.67. The lowest BCUT2D eigenvalue weighted by atomic mass is 9.92. The molecule has 1 aromatic rings. The number of nitrogen functional groups attached to an aromatic ring is 1. The third kappa shape index (κ3) is 1.42. The van der Waals surface area contributed by atoms with Crippen LogP contribution in [-0.2, 0) is 10.2 Å². The smallest absolute Gasteiger partial charge is 0.314 e. The first-order valence-electron chi connectivity index (χ1n) is 4.88. The summed E-state index contributed by atoms with van der Waals surface area (Å²) in [5, 5.41) is 9.24. The molecule has 1 fully saturated rings. The van der Waals surface area contributed by atoms with E-state index in [0.717, 1.165) is 0 Å². The molecule has 1 aliphatic carbocycles. The van der Waals surface area contributed by atoms with E-state index in [2.05, 4.69) is 15.9 Å². The summed E-state index contributed by atoms with van der Waals surface area (Å²) in [5.74, 6) is -1.43. The fourth-order valence-electron chi connectivity index (χ4n) is 2.17. The highest BCUT2D eigenvalue weighted by atomic mass is 79.9. The second-order valence-corrected chi connectivity index (χ2v) is 5.08. The molecule has 0 spiro atoms. The molecule has 3 N–H and O–H groups in total. The average Bonchev–Trinajstić information content (AvgIpc) is 2.85. The highest BCUT2D eigenvalue weighted by molar-refractivity contribution is 9.10. The molecule has 2 rings (SSSR count). The van der Waals surface area contributed by atoms with Crippen molar-refractivity contribution in [3.63, 3.8) is 0 Å². The molecule has 0 saturated heterocycles. The topological polar surface area (TPSA) is 63.3 Å². The summed E-state index contributed by atoms with van der Waals surface area (Å²) in [7, 11) is 0. The third-order valence-electron chi connectivity index (χ3n) is 3.27. The molecule has 1 aliphatic rings. The van der Waals surface area contributed by atoms with Crippen molar-refractivity contribution in [1.82, 2.24) is 0 Å². The van der Waals surface area contributed by atoms with Gasteiger partial charge in [0.05, 0.1) is 11.1 Å². The normalized spacial score (nSPS) is 27.8. The van der Waals surface area contributed by atoms with Gasteiger partial charge in [0.25, 0.3) is 0 Å². The van der Waals surface area contributed by atoms with Crippen LogP contribution in [0.5, 0.6) is 0 Å². The van der Waals surface area contributed by atoms with Crippen LogP contribution in [-0.4, -0.2) is 11.1 Å². The van der Waals surface area contributed by atoms with Gasteiger partial charge >= 0.3 is 5.97 Å². The van der Waals surface area contributed by atoms with Crippen molar-refractivity contribution in [2.24, 2.45) is 5.92 Å². The molecule has 1 aromatic carbocycles. The Bertz CT molecular complexity index is 477. The minimum absolute atomic E-state index is 0.0130. The summed E-state index contributed by atoms with van der Waals surface area (Å²) >= 11 is 3.13. The number of aliphatic carboxylic acids is 1. The van der Waals surface area contributed by atoms with E-state index >= 15 is 0 Å². The second kappa shape index (κ2) is 3.45. The van der Waals surface area contributed by atoms with Gasteiger partial charge in [0, 0.05) is 4.47 Å². The van der Waals surface area contributed by atoms with Gasteiger partial charge in [-0.1, -0.05) is 6.92 Å². The summed E-state index contributed by atoms with van der Waals surface area (Å²) in [6, 6.07) is 2.46. The van der Waals surface area contributed by atoms with Gasteiger partial charge < -0.3 is 10.8 Å². The Balaban J connectivity index is 2.61. The number of carboxylic acid groups (broad SMARTS) is 1. The number of rotatable bonds is 2. The number of halogens is 2. The monoisotopic (exact) mass is 287 g/mol. The van der Waals surface area contributed by atoms with Crippen LogP contribution in [0, 0.1) is 11.7 Å². The van der Waals surface area contributed by atoms with Crippen molar-refractivity contribution in [2.45, 2.75) is 18.8 Å². The molecule has 0 radical (unpaired) electrons. The highest BCUT2D eigenvalue weighted by Crippen LogP contribution is 2.56. The predicted octanol–water partition coefficient (Wildman–Crippen LogP) is 2.53. The van der Waals surface area contributed by atoms with E-state index in [1.54, 1.807) is 0 Å². The maximum absolute atomic E-state index is 13.3. The van der Waals surface area contributed by atoms with E-state index < -0.39 is 17.2 Å². The Morgan fingerprint density at radius 3 is 2.69 bits per heavy atom. The maximum atomic E-state index is 13.3. The molecule has 1 saturated carbocycles. The second-order valence-electron chi connectivity index (χ2n) is 4.23. The van der Waals surface area contributed by atoms with Crippen molar-refractivity contribution in [3.05, 3.63) is 28.0 Å².